The Bertz CT molecular complexity index is 1760. The molecule has 0 N–H and O–H groups in total. The van der Waals surface area contributed by atoms with Gasteiger partial charge in [-0.1, -0.05) is 87.2 Å². The van der Waals surface area contributed by atoms with Gasteiger partial charge in [-0.2, -0.15) is 0 Å². The molecule has 0 atom stereocenters. The lowest BCUT2D eigenvalue weighted by Gasteiger charge is -2.23. The van der Waals surface area contributed by atoms with Gasteiger partial charge in [0.25, 0.3) is 0 Å². The van der Waals surface area contributed by atoms with Crippen LogP contribution in [0.4, 0.5) is 5.69 Å². The number of aryl methyl sites for hydroxylation is 1. The summed E-state index contributed by atoms with van der Waals surface area (Å²) in [5, 5.41) is 0. The smallest absolute Gasteiger partial charge is 0.150 e. The topological polar surface area (TPSA) is 40.6 Å². The summed E-state index contributed by atoms with van der Waals surface area (Å²) in [7, 11) is 0. The van der Waals surface area contributed by atoms with Crippen molar-refractivity contribution in [3.8, 4) is 0 Å². The Morgan fingerprint density at radius 1 is 0.980 bits per heavy atom. The van der Waals surface area contributed by atoms with E-state index in [4.69, 9.17) is 12.6 Å². The lowest BCUT2D eigenvalue weighted by atomic mass is 10.1. The van der Waals surface area contributed by atoms with Crippen LogP contribution in [0, 0.1) is 6.92 Å². The zero-order chi connectivity index (χ0) is 36.7. The fourth-order valence-corrected chi connectivity index (χ4v) is 5.52. The van der Waals surface area contributed by atoms with Gasteiger partial charge in [0.1, 0.15) is 12.6 Å². The molecule has 0 aliphatic heterocycles. The zero-order valence-corrected chi connectivity index (χ0v) is 31.8. The maximum Gasteiger partial charge on any atom is 0.150 e. The van der Waals surface area contributed by atoms with Gasteiger partial charge in [0.2, 0.25) is 0 Å². The molecule has 1 aliphatic rings. The van der Waals surface area contributed by atoms with Crippen LogP contribution in [0.15, 0.2) is 167 Å². The van der Waals surface area contributed by atoms with Gasteiger partial charge in [-0.05, 0) is 110 Å². The number of hydrogen-bond donors (Lipinski definition) is 1. The maximum absolute atomic E-state index is 11.4. The van der Waals surface area contributed by atoms with E-state index in [1.165, 1.54) is 0 Å². The molecule has 3 rings (SSSR count). The number of thiol groups is 1. The number of rotatable bonds is 16. The number of carbonyl (C=O) groups excluding carboxylic acids is 2. The standard InChI is InChI=1S/C42H44N2O2S2.C2H6/c1-6-8-13-33(3)21-25-43(24-11-16-35(31-45)12-7-2)26-22-37-30-42(48-5)38(29-41(37)47)23-27-44(40-18-9-14-34(4)28-40)39-17-10-15-36(32-46)19-20-39;1-2/h6-9,11-23,25-32,47H,2,10,24H2,1,3-5H3;1-2H3/b8-6-,16-11-,25-21+,26-22+,27-23+,33-13-,35-12+;. The Kier molecular flexibility index (Phi) is 19.5. The maximum atomic E-state index is 11.4. The molecule has 0 spiro atoms. The van der Waals surface area contributed by atoms with E-state index in [0.717, 1.165) is 56.0 Å². The normalized spacial score (nSPS) is 13.8. The van der Waals surface area contributed by atoms with Crippen molar-refractivity contribution in [1.82, 2.24) is 4.90 Å². The number of aldehydes is 2. The third-order valence-corrected chi connectivity index (χ3v) is 8.38. The number of nitrogens with zero attached hydrogens (tertiary/aromatic N) is 2. The second-order valence-corrected chi connectivity index (χ2v) is 12.2. The lowest BCUT2D eigenvalue weighted by molar-refractivity contribution is -0.105. The molecule has 50 heavy (non-hydrogen) atoms. The molecule has 4 nitrogen and oxygen atoms in total. The minimum absolute atomic E-state index is 0.558. The predicted molar refractivity (Wildman–Crippen MR) is 222 cm³/mol. The number of anilines is 1. The van der Waals surface area contributed by atoms with Crippen molar-refractivity contribution in [2.24, 2.45) is 0 Å². The summed E-state index contributed by atoms with van der Waals surface area (Å²) in [6.07, 6.45) is 37.7. The summed E-state index contributed by atoms with van der Waals surface area (Å²) in [4.78, 5) is 28.9. The first kappa shape index (κ1) is 41.4. The monoisotopic (exact) mass is 702 g/mol. The highest BCUT2D eigenvalue weighted by Gasteiger charge is 2.11. The number of thioether (sulfide) groups is 1. The summed E-state index contributed by atoms with van der Waals surface area (Å²) >= 11 is 6.56. The fourth-order valence-electron chi connectivity index (χ4n) is 4.64. The Morgan fingerprint density at radius 2 is 1.76 bits per heavy atom. The second kappa shape index (κ2) is 23.6. The van der Waals surface area contributed by atoms with Crippen molar-refractivity contribution in [2.75, 3.05) is 17.7 Å². The van der Waals surface area contributed by atoms with E-state index >= 15 is 0 Å². The Hall–Kier alpha value is -4.78. The summed E-state index contributed by atoms with van der Waals surface area (Å²) in [5.41, 5.74) is 7.56. The molecule has 0 aromatic heterocycles. The van der Waals surface area contributed by atoms with E-state index < -0.39 is 0 Å². The van der Waals surface area contributed by atoms with Crippen molar-refractivity contribution in [3.63, 3.8) is 0 Å². The first-order valence-corrected chi connectivity index (χ1v) is 18.3. The predicted octanol–water partition coefficient (Wildman–Crippen LogP) is 11.7. The highest BCUT2D eigenvalue weighted by atomic mass is 32.2. The molecule has 260 valence electrons. The lowest BCUT2D eigenvalue weighted by Crippen LogP contribution is -2.14. The van der Waals surface area contributed by atoms with E-state index in [1.54, 1.807) is 30.0 Å². The van der Waals surface area contributed by atoms with Gasteiger partial charge in [-0.3, -0.25) is 9.59 Å². The van der Waals surface area contributed by atoms with E-state index in [1.807, 2.05) is 69.6 Å². The van der Waals surface area contributed by atoms with E-state index in [9.17, 15) is 9.59 Å². The average Bonchev–Trinajstić information content (AvgIpc) is 3.38. The van der Waals surface area contributed by atoms with Gasteiger partial charge in [0, 0.05) is 57.5 Å². The molecular formula is C44H50N2O2S2. The van der Waals surface area contributed by atoms with Crippen LogP contribution in [-0.2, 0) is 9.59 Å². The van der Waals surface area contributed by atoms with Gasteiger partial charge < -0.3 is 9.80 Å². The Balaban J connectivity index is 0.00000425. The van der Waals surface area contributed by atoms with Crippen molar-refractivity contribution < 1.29 is 9.59 Å². The molecule has 0 heterocycles. The van der Waals surface area contributed by atoms with Crippen LogP contribution < -0.4 is 4.90 Å². The molecule has 0 amide bonds. The number of hydrogen-bond acceptors (Lipinski definition) is 6. The molecule has 0 bridgehead atoms. The van der Waals surface area contributed by atoms with Gasteiger partial charge in [-0.15, -0.1) is 24.4 Å². The largest absolute Gasteiger partial charge is 0.350 e. The van der Waals surface area contributed by atoms with Crippen molar-refractivity contribution >= 4 is 54.8 Å². The SMILES string of the molecule is C=C/C=C(C=O)\C=C/CN(/C=C/C(C)=C\C=C/C)/C=C/c1cc(SC)c(/C=C/N(C2=CCC=C(C=O)C=C2)c2cccc(C)c2)cc1S.CC. The van der Waals surface area contributed by atoms with Gasteiger partial charge in [0.05, 0.1) is 0 Å². The third-order valence-electron chi connectivity index (χ3n) is 7.20. The zero-order valence-electron chi connectivity index (χ0n) is 30.1. The van der Waals surface area contributed by atoms with E-state index in [0.29, 0.717) is 24.1 Å². The molecule has 0 saturated heterocycles. The quantitative estimate of drug-likeness (QED) is 0.0620. The van der Waals surface area contributed by atoms with Crippen LogP contribution in [0.3, 0.4) is 0 Å². The fraction of sp³-hybridized carbons (Fsp3) is 0.182. The average molecular weight is 703 g/mol. The van der Waals surface area contributed by atoms with Crippen molar-refractivity contribution in [2.45, 2.75) is 50.8 Å². The van der Waals surface area contributed by atoms with E-state index in [2.05, 4.69) is 109 Å². The first-order valence-electron chi connectivity index (χ1n) is 16.7. The molecule has 6 heteroatoms. The van der Waals surface area contributed by atoms with Crippen LogP contribution in [0.2, 0.25) is 0 Å². The Labute approximate surface area is 310 Å². The van der Waals surface area contributed by atoms with Crippen LogP contribution in [0.25, 0.3) is 12.2 Å². The summed E-state index contributed by atoms with van der Waals surface area (Å²) in [5.74, 6) is 0. The molecular weight excluding hydrogens is 653 g/mol. The third kappa shape index (κ3) is 14.0. The molecule has 0 saturated carbocycles. The highest BCUT2D eigenvalue weighted by Crippen LogP contribution is 2.31. The first-order chi connectivity index (χ1) is 24.3. The minimum atomic E-state index is 0.558. The second-order valence-electron chi connectivity index (χ2n) is 10.9. The van der Waals surface area contributed by atoms with Gasteiger partial charge >= 0.3 is 0 Å². The molecule has 0 radical (unpaired) electrons. The Morgan fingerprint density at radius 3 is 2.44 bits per heavy atom. The molecule has 2 aromatic carbocycles. The van der Waals surface area contributed by atoms with Crippen LogP contribution in [-0.4, -0.2) is 30.3 Å². The van der Waals surface area contributed by atoms with Crippen LogP contribution >= 0.6 is 24.4 Å². The molecule has 0 fully saturated rings. The molecule has 2 aromatic rings. The van der Waals surface area contributed by atoms with Crippen molar-refractivity contribution in [1.29, 1.82) is 0 Å². The number of benzene rings is 2. The summed E-state index contributed by atoms with van der Waals surface area (Å²) in [6, 6.07) is 12.6. The van der Waals surface area contributed by atoms with Crippen LogP contribution in [0.5, 0.6) is 0 Å². The molecule has 1 aliphatic carbocycles. The number of allylic oxidation sites excluding steroid dienone is 14. The van der Waals surface area contributed by atoms with Crippen molar-refractivity contribution in [3.05, 3.63) is 174 Å². The van der Waals surface area contributed by atoms with Crippen LogP contribution in [0.1, 0.15) is 50.8 Å². The number of carbonyl (C=O) groups is 2. The van der Waals surface area contributed by atoms with E-state index in [-0.39, 0.29) is 0 Å². The summed E-state index contributed by atoms with van der Waals surface area (Å²) < 4.78 is 0. The molecule has 0 unspecified atom stereocenters. The summed E-state index contributed by atoms with van der Waals surface area (Å²) in [6.45, 7) is 14.4. The minimum Gasteiger partial charge on any atom is -0.350 e. The van der Waals surface area contributed by atoms with Gasteiger partial charge in [-0.25, -0.2) is 0 Å². The van der Waals surface area contributed by atoms with Gasteiger partial charge in [0.15, 0.2) is 0 Å². The highest BCUT2D eigenvalue weighted by molar-refractivity contribution is 7.98.